The van der Waals surface area contributed by atoms with E-state index in [2.05, 4.69) is 6.58 Å². The molecule has 0 aromatic heterocycles. The van der Waals surface area contributed by atoms with Gasteiger partial charge in [0.15, 0.2) is 0 Å². The van der Waals surface area contributed by atoms with Crippen LogP contribution in [0.2, 0.25) is 0 Å². The quantitative estimate of drug-likeness (QED) is 0.615. The second-order valence-corrected chi connectivity index (χ2v) is 4.89. The third-order valence-corrected chi connectivity index (χ3v) is 3.46. The number of amides is 1. The molecule has 6 nitrogen and oxygen atoms in total. The molecule has 1 aliphatic heterocycles. The Bertz CT molecular complexity index is 531. The van der Waals surface area contributed by atoms with Crippen LogP contribution in [0.25, 0.3) is 0 Å². The molecule has 1 saturated heterocycles. The van der Waals surface area contributed by atoms with Gasteiger partial charge in [0.05, 0.1) is 19.9 Å². The van der Waals surface area contributed by atoms with Gasteiger partial charge < -0.3 is 14.2 Å². The summed E-state index contributed by atoms with van der Waals surface area (Å²) in [5.41, 5.74) is 0.878. The first-order chi connectivity index (χ1) is 10.7. The average molecular weight is 305 g/mol. The summed E-state index contributed by atoms with van der Waals surface area (Å²) >= 11 is 0. The van der Waals surface area contributed by atoms with Gasteiger partial charge in [-0.05, 0) is 5.56 Å². The van der Waals surface area contributed by atoms with Crippen molar-refractivity contribution < 1.29 is 23.8 Å². The number of ether oxygens (including phenoxy) is 3. The molecule has 0 saturated carbocycles. The highest BCUT2D eigenvalue weighted by Crippen LogP contribution is 2.23. The summed E-state index contributed by atoms with van der Waals surface area (Å²) in [7, 11) is 1.29. The van der Waals surface area contributed by atoms with Gasteiger partial charge in [0.1, 0.15) is 18.8 Å². The fraction of sp³-hybridized carbons (Fsp3) is 0.375. The van der Waals surface area contributed by atoms with Crippen molar-refractivity contribution in [2.75, 3.05) is 13.7 Å². The van der Waals surface area contributed by atoms with Crippen LogP contribution in [0.4, 0.5) is 4.79 Å². The van der Waals surface area contributed by atoms with Gasteiger partial charge in [0.2, 0.25) is 0 Å². The molecule has 1 aliphatic rings. The smallest absolute Gasteiger partial charge is 0.410 e. The molecule has 1 aromatic rings. The monoisotopic (exact) mass is 305 g/mol. The molecule has 1 amide bonds. The maximum atomic E-state index is 12.2. The first-order valence-corrected chi connectivity index (χ1v) is 6.97. The minimum Gasteiger partial charge on any atom is -0.497 e. The largest absolute Gasteiger partial charge is 0.497 e. The maximum Gasteiger partial charge on any atom is 0.410 e. The SMILES string of the molecule is C=COC1CC(C(=O)OC)N(C(=O)OCc2ccccc2)C1. The first kappa shape index (κ1) is 15.9. The van der Waals surface area contributed by atoms with Crippen molar-refractivity contribution in [2.45, 2.75) is 25.2 Å². The number of esters is 1. The van der Waals surface area contributed by atoms with E-state index in [9.17, 15) is 9.59 Å². The summed E-state index contributed by atoms with van der Waals surface area (Å²) in [4.78, 5) is 25.3. The fourth-order valence-corrected chi connectivity index (χ4v) is 2.40. The minimum atomic E-state index is -0.696. The number of benzene rings is 1. The molecule has 2 rings (SSSR count). The maximum absolute atomic E-state index is 12.2. The van der Waals surface area contributed by atoms with Crippen molar-refractivity contribution in [3.05, 3.63) is 48.7 Å². The Kier molecular flexibility index (Phi) is 5.41. The van der Waals surface area contributed by atoms with Crippen LogP contribution in [0.1, 0.15) is 12.0 Å². The molecule has 22 heavy (non-hydrogen) atoms. The first-order valence-electron chi connectivity index (χ1n) is 6.97. The standard InChI is InChI=1S/C16H19NO5/c1-3-21-13-9-14(15(18)20-2)17(10-13)16(19)22-11-12-7-5-4-6-8-12/h3-8,13-14H,1,9-11H2,2H3. The lowest BCUT2D eigenvalue weighted by Crippen LogP contribution is -2.41. The zero-order valence-corrected chi connectivity index (χ0v) is 12.4. The lowest BCUT2D eigenvalue weighted by atomic mass is 10.2. The fourth-order valence-electron chi connectivity index (χ4n) is 2.40. The normalized spacial score (nSPS) is 20.3. The second kappa shape index (κ2) is 7.49. The van der Waals surface area contributed by atoms with E-state index >= 15 is 0 Å². The van der Waals surface area contributed by atoms with Gasteiger partial charge in [-0.15, -0.1) is 0 Å². The highest BCUT2D eigenvalue weighted by molar-refractivity contribution is 5.82. The Morgan fingerprint density at radius 1 is 1.36 bits per heavy atom. The van der Waals surface area contributed by atoms with Crippen molar-refractivity contribution in [3.63, 3.8) is 0 Å². The molecule has 0 N–H and O–H groups in total. The van der Waals surface area contributed by atoms with Crippen LogP contribution in [-0.4, -0.2) is 42.8 Å². The lowest BCUT2D eigenvalue weighted by molar-refractivity contribution is -0.145. The molecule has 6 heteroatoms. The van der Waals surface area contributed by atoms with E-state index in [1.807, 2.05) is 30.3 Å². The number of nitrogens with zero attached hydrogens (tertiary/aromatic N) is 1. The molecule has 2 unspecified atom stereocenters. The summed E-state index contributed by atoms with van der Waals surface area (Å²) < 4.78 is 15.3. The number of carbonyl (C=O) groups excluding carboxylic acids is 2. The number of rotatable bonds is 5. The molecule has 1 heterocycles. The van der Waals surface area contributed by atoms with Crippen molar-refractivity contribution in [2.24, 2.45) is 0 Å². The Balaban J connectivity index is 1.98. The zero-order valence-electron chi connectivity index (χ0n) is 12.4. The molecular weight excluding hydrogens is 286 g/mol. The van der Waals surface area contributed by atoms with Gasteiger partial charge >= 0.3 is 12.1 Å². The highest BCUT2D eigenvalue weighted by atomic mass is 16.6. The number of methoxy groups -OCH3 is 1. The molecule has 1 aromatic carbocycles. The van der Waals surface area contributed by atoms with Crippen LogP contribution < -0.4 is 0 Å². The van der Waals surface area contributed by atoms with Crippen LogP contribution in [-0.2, 0) is 25.6 Å². The van der Waals surface area contributed by atoms with Gasteiger partial charge in [-0.25, -0.2) is 9.59 Å². The summed E-state index contributed by atoms with van der Waals surface area (Å²) in [6.45, 7) is 3.90. The molecule has 0 aliphatic carbocycles. The molecule has 0 radical (unpaired) electrons. The van der Waals surface area contributed by atoms with Gasteiger partial charge in [0, 0.05) is 6.42 Å². The van der Waals surface area contributed by atoms with Crippen LogP contribution >= 0.6 is 0 Å². The lowest BCUT2D eigenvalue weighted by Gasteiger charge is -2.21. The number of hydrogen-bond donors (Lipinski definition) is 0. The van der Waals surface area contributed by atoms with Crippen LogP contribution in [0.15, 0.2) is 43.2 Å². The van der Waals surface area contributed by atoms with E-state index in [1.165, 1.54) is 18.3 Å². The van der Waals surface area contributed by atoms with Crippen LogP contribution in [0.5, 0.6) is 0 Å². The molecular formula is C16H19NO5. The van der Waals surface area contributed by atoms with E-state index in [4.69, 9.17) is 14.2 Å². The van der Waals surface area contributed by atoms with E-state index in [0.717, 1.165) is 5.56 Å². The van der Waals surface area contributed by atoms with Crippen molar-refractivity contribution in [1.29, 1.82) is 0 Å². The van der Waals surface area contributed by atoms with Crippen LogP contribution in [0, 0.1) is 0 Å². The van der Waals surface area contributed by atoms with E-state index < -0.39 is 18.1 Å². The van der Waals surface area contributed by atoms with Gasteiger partial charge in [-0.1, -0.05) is 36.9 Å². The summed E-state index contributed by atoms with van der Waals surface area (Å²) in [6.07, 6.45) is 0.817. The third-order valence-electron chi connectivity index (χ3n) is 3.46. The predicted octanol–water partition coefficient (Wildman–Crippen LogP) is 2.10. The van der Waals surface area contributed by atoms with Gasteiger partial charge in [0.25, 0.3) is 0 Å². The molecule has 0 spiro atoms. The van der Waals surface area contributed by atoms with Crippen molar-refractivity contribution in [1.82, 2.24) is 4.90 Å². The predicted molar refractivity (Wildman–Crippen MR) is 78.8 cm³/mol. The van der Waals surface area contributed by atoms with Gasteiger partial charge in [-0.2, -0.15) is 0 Å². The number of hydrogen-bond acceptors (Lipinski definition) is 5. The summed E-state index contributed by atoms with van der Waals surface area (Å²) in [5.74, 6) is -0.480. The number of carbonyl (C=O) groups is 2. The highest BCUT2D eigenvalue weighted by Gasteiger charge is 2.42. The second-order valence-electron chi connectivity index (χ2n) is 4.89. The summed E-state index contributed by atoms with van der Waals surface area (Å²) in [6, 6.07) is 8.64. The zero-order chi connectivity index (χ0) is 15.9. The minimum absolute atomic E-state index is 0.150. The Morgan fingerprint density at radius 3 is 2.73 bits per heavy atom. The topological polar surface area (TPSA) is 65.1 Å². The molecule has 2 atom stereocenters. The van der Waals surface area contributed by atoms with E-state index in [1.54, 1.807) is 0 Å². The van der Waals surface area contributed by atoms with Crippen molar-refractivity contribution in [3.8, 4) is 0 Å². The van der Waals surface area contributed by atoms with Crippen LogP contribution in [0.3, 0.4) is 0 Å². The average Bonchev–Trinajstić information content (AvgIpc) is 2.97. The Morgan fingerprint density at radius 2 is 2.09 bits per heavy atom. The van der Waals surface area contributed by atoms with E-state index in [0.29, 0.717) is 6.42 Å². The molecule has 118 valence electrons. The molecule has 1 fully saturated rings. The Hall–Kier alpha value is -2.50. The number of likely N-dealkylation sites (tertiary alicyclic amines) is 1. The van der Waals surface area contributed by atoms with E-state index in [-0.39, 0.29) is 19.3 Å². The van der Waals surface area contributed by atoms with Gasteiger partial charge in [-0.3, -0.25) is 4.90 Å². The third kappa shape index (κ3) is 3.78. The molecule has 0 bridgehead atoms. The summed E-state index contributed by atoms with van der Waals surface area (Å²) in [5, 5.41) is 0. The van der Waals surface area contributed by atoms with Crippen molar-refractivity contribution >= 4 is 12.1 Å². The Labute approximate surface area is 129 Å².